The van der Waals surface area contributed by atoms with E-state index >= 15 is 0 Å². The lowest BCUT2D eigenvalue weighted by molar-refractivity contribution is -0.132. The number of fused-ring (bicyclic) bond motifs is 1. The molecule has 0 saturated heterocycles. The molecule has 4 atom stereocenters. The molecule has 184 valence electrons. The normalized spacial score (nSPS) is 24.3. The molecule has 1 amide bonds. The third-order valence-electron chi connectivity index (χ3n) is 6.30. The molecule has 0 bridgehead atoms. The molecule has 1 fully saturated rings. The molecule has 0 unspecified atom stereocenters. The van der Waals surface area contributed by atoms with E-state index in [9.17, 15) is 15.0 Å². The molecule has 3 rings (SSSR count). The molecule has 33 heavy (non-hydrogen) atoms. The zero-order chi connectivity index (χ0) is 24.9. The molecular weight excluding hydrogens is 466 g/mol. The third kappa shape index (κ3) is 5.17. The quantitative estimate of drug-likeness (QED) is 0.371. The molecule has 10 nitrogen and oxygen atoms in total. The molecule has 2 aromatic rings. The van der Waals surface area contributed by atoms with Gasteiger partial charge in [0.15, 0.2) is 10.8 Å². The SMILES string of the molecule is CC(C)(C)OC(=O)N(O[Si](C)(C)C(C)(C)C)[C@H]1C[C@@H](n2cnc3c(Cl)ncnc32)[C@@H](O)[C@H]1O. The number of rotatable bonds is 4. The highest BCUT2D eigenvalue weighted by molar-refractivity contribution is 6.74. The van der Waals surface area contributed by atoms with Gasteiger partial charge in [-0.15, -0.1) is 0 Å². The maximum Gasteiger partial charge on any atom is 0.433 e. The number of aliphatic hydroxyl groups is 2. The lowest BCUT2D eigenvalue weighted by Crippen LogP contribution is -2.55. The van der Waals surface area contributed by atoms with Crippen molar-refractivity contribution in [1.82, 2.24) is 24.6 Å². The Morgan fingerprint density at radius 2 is 1.79 bits per heavy atom. The number of carbonyl (C=O) groups excluding carboxylic acids is 1. The average molecular weight is 500 g/mol. The zero-order valence-electron chi connectivity index (χ0n) is 20.4. The number of halogens is 1. The van der Waals surface area contributed by atoms with E-state index in [1.807, 2.05) is 13.1 Å². The Morgan fingerprint density at radius 3 is 2.36 bits per heavy atom. The fourth-order valence-electron chi connectivity index (χ4n) is 3.49. The molecule has 0 aliphatic heterocycles. The summed E-state index contributed by atoms with van der Waals surface area (Å²) in [4.78, 5) is 25.6. The number of imidazole rings is 1. The average Bonchev–Trinajstić information content (AvgIpc) is 3.20. The summed E-state index contributed by atoms with van der Waals surface area (Å²) in [5.74, 6) is 0. The molecular formula is C21H34ClN5O5Si. The number of ether oxygens (including phenoxy) is 1. The van der Waals surface area contributed by atoms with Crippen molar-refractivity contribution in [2.45, 2.75) is 96.0 Å². The minimum Gasteiger partial charge on any atom is -0.442 e. The van der Waals surface area contributed by atoms with Crippen LogP contribution in [0, 0.1) is 0 Å². The van der Waals surface area contributed by atoms with E-state index in [1.165, 1.54) is 12.7 Å². The lowest BCUT2D eigenvalue weighted by Gasteiger charge is -2.42. The van der Waals surface area contributed by atoms with Gasteiger partial charge in [-0.1, -0.05) is 32.4 Å². The number of carbonyl (C=O) groups is 1. The number of amides is 1. The summed E-state index contributed by atoms with van der Waals surface area (Å²) in [6, 6.07) is -1.46. The van der Waals surface area contributed by atoms with Crippen molar-refractivity contribution in [2.75, 3.05) is 0 Å². The molecule has 2 heterocycles. The summed E-state index contributed by atoms with van der Waals surface area (Å²) in [6.07, 6.45) is -0.170. The lowest BCUT2D eigenvalue weighted by atomic mass is 10.2. The predicted octanol–water partition coefficient (Wildman–Crippen LogP) is 3.69. The van der Waals surface area contributed by atoms with Crippen LogP contribution < -0.4 is 0 Å². The van der Waals surface area contributed by atoms with Crippen LogP contribution in [0.25, 0.3) is 11.2 Å². The van der Waals surface area contributed by atoms with E-state index in [0.29, 0.717) is 11.2 Å². The van der Waals surface area contributed by atoms with Gasteiger partial charge in [-0.25, -0.2) is 19.7 Å². The van der Waals surface area contributed by atoms with Gasteiger partial charge in [0.25, 0.3) is 0 Å². The van der Waals surface area contributed by atoms with E-state index in [0.717, 1.165) is 5.06 Å². The third-order valence-corrected chi connectivity index (χ3v) is 10.8. The van der Waals surface area contributed by atoms with Gasteiger partial charge in [-0.3, -0.25) is 0 Å². The second kappa shape index (κ2) is 8.77. The highest BCUT2D eigenvalue weighted by Crippen LogP contribution is 2.41. The van der Waals surface area contributed by atoms with Gasteiger partial charge >= 0.3 is 6.09 Å². The minimum atomic E-state index is -2.49. The Labute approximate surface area is 200 Å². The summed E-state index contributed by atoms with van der Waals surface area (Å²) in [6.45, 7) is 15.4. The number of aliphatic hydroxyl groups excluding tert-OH is 2. The molecule has 0 radical (unpaired) electrons. The second-order valence-corrected chi connectivity index (χ2v) is 16.1. The Hall–Kier alpha value is -1.79. The smallest absolute Gasteiger partial charge is 0.433 e. The first-order valence-corrected chi connectivity index (χ1v) is 14.2. The standard InChI is InChI=1S/C21H34ClN5O5Si/c1-20(2,3)31-19(30)27(32-33(7,8)21(4,5)6)13-9-12(15(28)16(13)29)26-11-25-14-17(22)23-10-24-18(14)26/h10-13,15-16,28-29H,9H2,1-8H3/t12-,13+,15-,16+/m1/s1. The van der Waals surface area contributed by atoms with Gasteiger partial charge in [0, 0.05) is 0 Å². The summed E-state index contributed by atoms with van der Waals surface area (Å²) in [7, 11) is -2.49. The predicted molar refractivity (Wildman–Crippen MR) is 126 cm³/mol. The van der Waals surface area contributed by atoms with Crippen molar-refractivity contribution in [1.29, 1.82) is 0 Å². The van der Waals surface area contributed by atoms with Gasteiger partial charge in [0.1, 0.15) is 29.7 Å². The molecule has 1 aliphatic carbocycles. The minimum absolute atomic E-state index is 0.194. The van der Waals surface area contributed by atoms with Crippen molar-refractivity contribution in [2.24, 2.45) is 0 Å². The summed E-state index contributed by atoms with van der Waals surface area (Å²) in [5.41, 5.74) is 0.0638. The van der Waals surface area contributed by atoms with Crippen molar-refractivity contribution >= 4 is 37.2 Å². The van der Waals surface area contributed by atoms with Crippen molar-refractivity contribution in [3.8, 4) is 0 Å². The van der Waals surface area contributed by atoms with Crippen LogP contribution in [0.5, 0.6) is 0 Å². The van der Waals surface area contributed by atoms with E-state index < -0.39 is 44.3 Å². The Balaban J connectivity index is 1.97. The topological polar surface area (TPSA) is 123 Å². The Kier molecular flexibility index (Phi) is 6.86. The van der Waals surface area contributed by atoms with Gasteiger partial charge in [-0.2, -0.15) is 5.06 Å². The summed E-state index contributed by atoms with van der Waals surface area (Å²) >= 11 is 6.12. The number of hydroxylamine groups is 2. The largest absolute Gasteiger partial charge is 0.442 e. The fraction of sp³-hybridized carbons (Fsp3) is 0.714. The Morgan fingerprint density at radius 1 is 1.15 bits per heavy atom. The molecule has 0 aromatic carbocycles. The number of nitrogens with zero attached hydrogens (tertiary/aromatic N) is 5. The Bertz CT molecular complexity index is 1020. The van der Waals surface area contributed by atoms with E-state index in [2.05, 4.69) is 35.7 Å². The summed E-state index contributed by atoms with van der Waals surface area (Å²) < 4.78 is 13.6. The molecule has 12 heteroatoms. The van der Waals surface area contributed by atoms with Gasteiger partial charge in [-0.05, 0) is 45.3 Å². The maximum atomic E-state index is 13.2. The number of hydrogen-bond acceptors (Lipinski definition) is 8. The van der Waals surface area contributed by atoms with Crippen LogP contribution in [0.3, 0.4) is 0 Å². The molecule has 2 N–H and O–H groups in total. The first-order chi connectivity index (χ1) is 15.0. The van der Waals surface area contributed by atoms with Crippen LogP contribution in [0.1, 0.15) is 54.0 Å². The van der Waals surface area contributed by atoms with Crippen LogP contribution in [0.4, 0.5) is 4.79 Å². The van der Waals surface area contributed by atoms with Crippen molar-refractivity contribution < 1.29 is 24.3 Å². The fourth-order valence-corrected chi connectivity index (χ4v) is 4.64. The molecule has 0 spiro atoms. The second-order valence-electron chi connectivity index (χ2n) is 11.0. The number of hydrogen-bond donors (Lipinski definition) is 2. The molecule has 1 saturated carbocycles. The van der Waals surface area contributed by atoms with Crippen LogP contribution in [-0.4, -0.2) is 73.1 Å². The summed E-state index contributed by atoms with van der Waals surface area (Å²) in [5, 5.41) is 23.1. The maximum absolute atomic E-state index is 13.2. The van der Waals surface area contributed by atoms with E-state index in [-0.39, 0.29) is 16.6 Å². The van der Waals surface area contributed by atoms with Gasteiger partial charge in [0.05, 0.1) is 18.4 Å². The van der Waals surface area contributed by atoms with E-state index in [1.54, 1.807) is 25.3 Å². The van der Waals surface area contributed by atoms with Crippen LogP contribution in [0.15, 0.2) is 12.7 Å². The van der Waals surface area contributed by atoms with Crippen molar-refractivity contribution in [3.05, 3.63) is 17.8 Å². The first-order valence-electron chi connectivity index (χ1n) is 10.9. The van der Waals surface area contributed by atoms with Gasteiger partial charge < -0.3 is 24.0 Å². The van der Waals surface area contributed by atoms with Crippen LogP contribution >= 0.6 is 11.6 Å². The van der Waals surface area contributed by atoms with Crippen molar-refractivity contribution in [3.63, 3.8) is 0 Å². The van der Waals surface area contributed by atoms with Crippen LogP contribution in [0.2, 0.25) is 23.3 Å². The highest BCUT2D eigenvalue weighted by Gasteiger charge is 2.51. The monoisotopic (exact) mass is 499 g/mol. The number of aromatic nitrogens is 4. The highest BCUT2D eigenvalue weighted by atomic mass is 35.5. The first kappa shape index (κ1) is 25.8. The zero-order valence-corrected chi connectivity index (χ0v) is 22.2. The van der Waals surface area contributed by atoms with Crippen LogP contribution in [-0.2, 0) is 9.26 Å². The van der Waals surface area contributed by atoms with Gasteiger partial charge in [0.2, 0.25) is 8.32 Å². The molecule has 2 aromatic heterocycles. The molecule has 1 aliphatic rings. The van der Waals surface area contributed by atoms with E-state index in [4.69, 9.17) is 20.9 Å².